The number of carbonyl (C=O) groups excluding carboxylic acids is 1. The van der Waals surface area contributed by atoms with Crippen LogP contribution in [0.15, 0.2) is 18.2 Å². The van der Waals surface area contributed by atoms with E-state index in [-0.39, 0.29) is 6.54 Å². The van der Waals surface area contributed by atoms with Crippen molar-refractivity contribution in [2.24, 2.45) is 0 Å². The van der Waals surface area contributed by atoms with Crippen LogP contribution in [-0.4, -0.2) is 12.6 Å². The van der Waals surface area contributed by atoms with Crippen molar-refractivity contribution in [2.75, 3.05) is 17.6 Å². The van der Waals surface area contributed by atoms with Gasteiger partial charge in [-0.15, -0.1) is 0 Å². The van der Waals surface area contributed by atoms with Crippen LogP contribution in [0.3, 0.4) is 0 Å². The van der Waals surface area contributed by atoms with Crippen LogP contribution in [-0.2, 0) is 0 Å². The van der Waals surface area contributed by atoms with Gasteiger partial charge in [-0.25, -0.2) is 4.79 Å². The predicted molar refractivity (Wildman–Crippen MR) is 58.2 cm³/mol. The van der Waals surface area contributed by atoms with Crippen LogP contribution in [0.4, 0.5) is 16.2 Å². The number of urea groups is 1. The molecule has 0 aliphatic carbocycles. The molecule has 5 heteroatoms. The molecule has 1 aromatic rings. The van der Waals surface area contributed by atoms with E-state index in [9.17, 15) is 4.79 Å². The molecule has 0 radical (unpaired) electrons. The van der Waals surface area contributed by atoms with Gasteiger partial charge >= 0.3 is 6.03 Å². The highest BCUT2D eigenvalue weighted by molar-refractivity contribution is 5.92. The Kier molecular flexibility index (Phi) is 3.52. The number of rotatable bonds is 2. The number of hydrogen-bond acceptors (Lipinski definition) is 3. The number of nitrogen functional groups attached to an aromatic ring is 1. The van der Waals surface area contributed by atoms with E-state index in [4.69, 9.17) is 11.0 Å². The average Bonchev–Trinajstić information content (AvgIpc) is 2.20. The molecule has 2 amide bonds. The van der Waals surface area contributed by atoms with Gasteiger partial charge in [-0.1, -0.05) is 6.07 Å². The Balaban J connectivity index is 2.68. The first-order valence-corrected chi connectivity index (χ1v) is 4.41. The van der Waals surface area contributed by atoms with Gasteiger partial charge < -0.3 is 16.4 Å². The second kappa shape index (κ2) is 4.86. The van der Waals surface area contributed by atoms with Gasteiger partial charge in [0.05, 0.1) is 17.4 Å². The number of benzene rings is 1. The largest absolute Gasteiger partial charge is 0.397 e. The summed E-state index contributed by atoms with van der Waals surface area (Å²) in [6.45, 7) is 1.87. The number of nitrogens with two attached hydrogens (primary N) is 1. The summed E-state index contributed by atoms with van der Waals surface area (Å²) in [5.41, 5.74) is 7.70. The van der Waals surface area contributed by atoms with Crippen molar-refractivity contribution in [3.05, 3.63) is 23.8 Å². The molecule has 0 aliphatic heterocycles. The van der Waals surface area contributed by atoms with E-state index in [1.54, 1.807) is 12.1 Å². The molecule has 0 aliphatic rings. The molecule has 0 aromatic heterocycles. The normalized spacial score (nSPS) is 9.07. The molecule has 0 fully saturated rings. The zero-order chi connectivity index (χ0) is 11.3. The van der Waals surface area contributed by atoms with Crippen LogP contribution >= 0.6 is 0 Å². The Hall–Kier alpha value is -2.22. The zero-order valence-corrected chi connectivity index (χ0v) is 8.37. The van der Waals surface area contributed by atoms with Crippen molar-refractivity contribution in [1.29, 1.82) is 5.26 Å². The molecule has 0 saturated heterocycles. The van der Waals surface area contributed by atoms with Gasteiger partial charge in [0.2, 0.25) is 0 Å². The Labute approximate surface area is 87.9 Å². The molecule has 0 bridgehead atoms. The third-order valence-electron chi connectivity index (χ3n) is 1.78. The van der Waals surface area contributed by atoms with E-state index in [0.717, 1.165) is 5.56 Å². The monoisotopic (exact) mass is 204 g/mol. The summed E-state index contributed by atoms with van der Waals surface area (Å²) in [6.07, 6.45) is 0. The van der Waals surface area contributed by atoms with Crippen molar-refractivity contribution in [1.82, 2.24) is 5.32 Å². The van der Waals surface area contributed by atoms with Crippen LogP contribution < -0.4 is 16.4 Å². The minimum absolute atomic E-state index is 0.0302. The van der Waals surface area contributed by atoms with Crippen molar-refractivity contribution in [2.45, 2.75) is 6.92 Å². The predicted octanol–water partition coefficient (Wildman–Crippen LogP) is 1.22. The van der Waals surface area contributed by atoms with Crippen LogP contribution in [0.25, 0.3) is 0 Å². The van der Waals surface area contributed by atoms with Crippen molar-refractivity contribution in [3.63, 3.8) is 0 Å². The fourth-order valence-corrected chi connectivity index (χ4v) is 1.06. The van der Waals surface area contributed by atoms with Gasteiger partial charge in [0.1, 0.15) is 6.54 Å². The molecule has 4 N–H and O–H groups in total. The minimum Gasteiger partial charge on any atom is -0.397 e. The summed E-state index contributed by atoms with van der Waals surface area (Å²) < 4.78 is 0. The number of anilines is 2. The van der Waals surface area contributed by atoms with E-state index in [1.165, 1.54) is 0 Å². The summed E-state index contributed by atoms with van der Waals surface area (Å²) >= 11 is 0. The number of nitrogens with one attached hydrogen (secondary N) is 2. The summed E-state index contributed by atoms with van der Waals surface area (Å²) in [5, 5.41) is 13.2. The Morgan fingerprint density at radius 2 is 2.33 bits per heavy atom. The lowest BCUT2D eigenvalue weighted by Gasteiger charge is -2.08. The Bertz CT molecular complexity index is 408. The lowest BCUT2D eigenvalue weighted by atomic mass is 10.2. The molecule has 1 rings (SSSR count). The molecular formula is C10H12N4O. The van der Waals surface area contributed by atoms with E-state index < -0.39 is 6.03 Å². The number of amides is 2. The second-order valence-electron chi connectivity index (χ2n) is 3.06. The lowest BCUT2D eigenvalue weighted by Crippen LogP contribution is -2.29. The molecule has 15 heavy (non-hydrogen) atoms. The number of nitriles is 1. The summed E-state index contributed by atoms with van der Waals surface area (Å²) in [6, 6.07) is 6.71. The van der Waals surface area contributed by atoms with E-state index in [0.29, 0.717) is 11.4 Å². The molecule has 78 valence electrons. The zero-order valence-electron chi connectivity index (χ0n) is 8.37. The Morgan fingerprint density at radius 3 is 3.00 bits per heavy atom. The summed E-state index contributed by atoms with van der Waals surface area (Å²) in [5.74, 6) is 0. The molecular weight excluding hydrogens is 192 g/mol. The molecule has 0 spiro atoms. The fraction of sp³-hybridized carbons (Fsp3) is 0.200. The first-order valence-electron chi connectivity index (χ1n) is 4.41. The quantitative estimate of drug-likeness (QED) is 0.499. The highest BCUT2D eigenvalue weighted by Crippen LogP contribution is 2.19. The van der Waals surface area contributed by atoms with Crippen LogP contribution in [0.5, 0.6) is 0 Å². The molecule has 5 nitrogen and oxygen atoms in total. The summed E-state index contributed by atoms with van der Waals surface area (Å²) in [4.78, 5) is 11.2. The van der Waals surface area contributed by atoms with Crippen molar-refractivity contribution in [3.8, 4) is 6.07 Å². The first-order chi connectivity index (χ1) is 7.13. The van der Waals surface area contributed by atoms with Crippen molar-refractivity contribution < 1.29 is 4.79 Å². The maximum Gasteiger partial charge on any atom is 0.320 e. The Morgan fingerprint density at radius 1 is 1.60 bits per heavy atom. The van der Waals surface area contributed by atoms with Crippen molar-refractivity contribution >= 4 is 17.4 Å². The standard InChI is InChI=1S/C10H12N4O/c1-7-2-3-8(12)9(6-7)14-10(15)13-5-4-11/h2-3,6H,5,12H2,1H3,(H2,13,14,15). The maximum absolute atomic E-state index is 11.2. The van der Waals surface area contributed by atoms with Gasteiger partial charge in [0.25, 0.3) is 0 Å². The van der Waals surface area contributed by atoms with E-state index >= 15 is 0 Å². The van der Waals surface area contributed by atoms with Crippen LogP contribution in [0.2, 0.25) is 0 Å². The van der Waals surface area contributed by atoms with E-state index in [1.807, 2.05) is 19.1 Å². The highest BCUT2D eigenvalue weighted by Gasteiger charge is 2.03. The SMILES string of the molecule is Cc1ccc(N)c(NC(=O)NCC#N)c1. The molecule has 0 unspecified atom stereocenters. The smallest absolute Gasteiger partial charge is 0.320 e. The molecule has 0 heterocycles. The number of hydrogen-bond donors (Lipinski definition) is 3. The topological polar surface area (TPSA) is 90.9 Å². The second-order valence-corrected chi connectivity index (χ2v) is 3.06. The van der Waals surface area contributed by atoms with Gasteiger partial charge in [0, 0.05) is 0 Å². The van der Waals surface area contributed by atoms with Gasteiger partial charge in [0.15, 0.2) is 0 Å². The minimum atomic E-state index is -0.436. The maximum atomic E-state index is 11.2. The molecule has 0 atom stereocenters. The number of carbonyl (C=O) groups is 1. The highest BCUT2D eigenvalue weighted by atomic mass is 16.2. The summed E-state index contributed by atoms with van der Waals surface area (Å²) in [7, 11) is 0. The molecule has 1 aromatic carbocycles. The molecule has 0 saturated carbocycles. The fourth-order valence-electron chi connectivity index (χ4n) is 1.06. The van der Waals surface area contributed by atoms with Gasteiger partial charge in [-0.2, -0.15) is 5.26 Å². The number of aryl methyl sites for hydroxylation is 1. The third kappa shape index (κ3) is 3.19. The third-order valence-corrected chi connectivity index (χ3v) is 1.78. The van der Waals surface area contributed by atoms with Crippen LogP contribution in [0, 0.1) is 18.3 Å². The first kappa shape index (κ1) is 10.9. The van der Waals surface area contributed by atoms with Gasteiger partial charge in [-0.3, -0.25) is 0 Å². The van der Waals surface area contributed by atoms with Crippen LogP contribution in [0.1, 0.15) is 5.56 Å². The average molecular weight is 204 g/mol. The van der Waals surface area contributed by atoms with Gasteiger partial charge in [-0.05, 0) is 24.6 Å². The number of nitrogens with zero attached hydrogens (tertiary/aromatic N) is 1. The van der Waals surface area contributed by atoms with E-state index in [2.05, 4.69) is 10.6 Å². The lowest BCUT2D eigenvalue weighted by molar-refractivity contribution is 0.253.